The van der Waals surface area contributed by atoms with Gasteiger partial charge in [0.2, 0.25) is 10.0 Å². The second-order valence-corrected chi connectivity index (χ2v) is 8.69. The maximum Gasteiger partial charge on any atom is 0.258 e. The van der Waals surface area contributed by atoms with Gasteiger partial charge >= 0.3 is 0 Å². The van der Waals surface area contributed by atoms with Crippen LogP contribution in [0.4, 0.5) is 5.69 Å². The number of nitrogens with zero attached hydrogens (tertiary/aromatic N) is 2. The minimum absolute atomic E-state index is 0.0941. The molecular weight excluding hydrogens is 358 g/mol. The zero-order valence-corrected chi connectivity index (χ0v) is 15.7. The van der Waals surface area contributed by atoms with Gasteiger partial charge in [-0.25, -0.2) is 18.1 Å². The molecule has 1 aromatic heterocycles. The molecule has 0 atom stereocenters. The van der Waals surface area contributed by atoms with Gasteiger partial charge in [-0.3, -0.25) is 4.79 Å². The van der Waals surface area contributed by atoms with Gasteiger partial charge in [-0.15, -0.1) is 11.8 Å². The molecule has 0 fully saturated rings. The number of carbonyl (C=O) groups is 1. The Morgan fingerprint density at radius 1 is 1.32 bits per heavy atom. The Morgan fingerprint density at radius 3 is 2.84 bits per heavy atom. The fourth-order valence-electron chi connectivity index (χ4n) is 2.80. The lowest BCUT2D eigenvalue weighted by Gasteiger charge is -2.18. The SMILES string of the molecule is CCSc1cc(C(=O)N2CCc3cc(S(=O)(=O)NC)ccc32)ccn1. The van der Waals surface area contributed by atoms with Crippen molar-refractivity contribution in [2.24, 2.45) is 0 Å². The third-order valence-corrected chi connectivity index (χ3v) is 6.26. The number of anilines is 1. The Hall–Kier alpha value is -1.90. The number of carbonyl (C=O) groups excluding carboxylic acids is 1. The van der Waals surface area contributed by atoms with Gasteiger partial charge in [-0.05, 0) is 55.1 Å². The highest BCUT2D eigenvalue weighted by atomic mass is 32.2. The van der Waals surface area contributed by atoms with Crippen molar-refractivity contribution in [3.05, 3.63) is 47.7 Å². The zero-order chi connectivity index (χ0) is 18.0. The molecule has 1 aromatic carbocycles. The van der Waals surface area contributed by atoms with E-state index >= 15 is 0 Å². The number of amides is 1. The summed E-state index contributed by atoms with van der Waals surface area (Å²) >= 11 is 1.59. The molecule has 0 aliphatic carbocycles. The van der Waals surface area contributed by atoms with Crippen molar-refractivity contribution < 1.29 is 13.2 Å². The Labute approximate surface area is 151 Å². The fraction of sp³-hybridized carbons (Fsp3) is 0.294. The number of hydrogen-bond donors (Lipinski definition) is 1. The van der Waals surface area contributed by atoms with Crippen LogP contribution in [0.3, 0.4) is 0 Å². The van der Waals surface area contributed by atoms with Crippen LogP contribution in [0.15, 0.2) is 46.5 Å². The van der Waals surface area contributed by atoms with Crippen molar-refractivity contribution in [1.82, 2.24) is 9.71 Å². The number of pyridine rings is 1. The third kappa shape index (κ3) is 3.56. The molecule has 0 saturated heterocycles. The van der Waals surface area contributed by atoms with Crippen LogP contribution >= 0.6 is 11.8 Å². The van der Waals surface area contributed by atoms with Crippen molar-refractivity contribution in [3.63, 3.8) is 0 Å². The van der Waals surface area contributed by atoms with E-state index in [1.54, 1.807) is 47.1 Å². The first kappa shape index (κ1) is 17.9. The predicted octanol–water partition coefficient (Wildman–Crippen LogP) is 2.30. The summed E-state index contributed by atoms with van der Waals surface area (Å²) in [6.45, 7) is 2.57. The number of benzene rings is 1. The number of hydrogen-bond acceptors (Lipinski definition) is 5. The summed E-state index contributed by atoms with van der Waals surface area (Å²) in [5.74, 6) is 0.795. The topological polar surface area (TPSA) is 79.4 Å². The highest BCUT2D eigenvalue weighted by molar-refractivity contribution is 7.99. The van der Waals surface area contributed by atoms with Crippen molar-refractivity contribution >= 4 is 33.4 Å². The summed E-state index contributed by atoms with van der Waals surface area (Å²) in [6, 6.07) is 8.38. The molecule has 8 heteroatoms. The second kappa shape index (κ2) is 7.15. The first-order chi connectivity index (χ1) is 12.0. The number of aromatic nitrogens is 1. The molecule has 1 aliphatic heterocycles. The van der Waals surface area contributed by atoms with Gasteiger partial charge in [-0.2, -0.15) is 0 Å². The first-order valence-corrected chi connectivity index (χ1v) is 10.4. The quantitative estimate of drug-likeness (QED) is 0.809. The van der Waals surface area contributed by atoms with E-state index in [4.69, 9.17) is 0 Å². The average Bonchev–Trinajstić information content (AvgIpc) is 3.05. The molecule has 3 rings (SSSR count). The Bertz CT molecular complexity index is 913. The lowest BCUT2D eigenvalue weighted by atomic mass is 10.1. The van der Waals surface area contributed by atoms with Crippen molar-refractivity contribution in [3.8, 4) is 0 Å². The van der Waals surface area contributed by atoms with Gasteiger partial charge in [0.1, 0.15) is 0 Å². The van der Waals surface area contributed by atoms with Crippen molar-refractivity contribution in [2.75, 3.05) is 24.2 Å². The fourth-order valence-corrected chi connectivity index (χ4v) is 4.22. The molecule has 0 unspecified atom stereocenters. The van der Waals surface area contributed by atoms with Crippen LogP contribution in [0.25, 0.3) is 0 Å². The average molecular weight is 377 g/mol. The third-order valence-electron chi connectivity index (χ3n) is 4.04. The van der Waals surface area contributed by atoms with E-state index in [1.807, 2.05) is 6.92 Å². The first-order valence-electron chi connectivity index (χ1n) is 7.93. The number of nitrogens with one attached hydrogen (secondary N) is 1. The van der Waals surface area contributed by atoms with E-state index in [9.17, 15) is 13.2 Å². The molecule has 2 heterocycles. The Balaban J connectivity index is 1.90. The molecule has 6 nitrogen and oxygen atoms in total. The summed E-state index contributed by atoms with van der Waals surface area (Å²) in [5.41, 5.74) is 2.22. The standard InChI is InChI=1S/C17H19N3O3S2/c1-3-24-16-11-13(6-8-19-16)17(21)20-9-7-12-10-14(4-5-15(12)20)25(22,23)18-2/h4-6,8,10-11,18H,3,7,9H2,1-2H3. The number of sulfonamides is 1. The van der Waals surface area contributed by atoms with E-state index < -0.39 is 10.0 Å². The van der Waals surface area contributed by atoms with E-state index in [-0.39, 0.29) is 10.8 Å². The number of thioether (sulfide) groups is 1. The molecular formula is C17H19N3O3S2. The van der Waals surface area contributed by atoms with E-state index in [1.165, 1.54) is 13.1 Å². The maximum absolute atomic E-state index is 12.9. The molecule has 0 spiro atoms. The molecule has 1 amide bonds. The maximum atomic E-state index is 12.9. The van der Waals surface area contributed by atoms with Crippen molar-refractivity contribution in [2.45, 2.75) is 23.3 Å². The molecule has 1 aliphatic rings. The smallest absolute Gasteiger partial charge is 0.258 e. The van der Waals surface area contributed by atoms with Gasteiger partial charge in [0.05, 0.1) is 9.92 Å². The second-order valence-electron chi connectivity index (χ2n) is 5.52. The molecule has 0 saturated carbocycles. The summed E-state index contributed by atoms with van der Waals surface area (Å²) in [4.78, 5) is 19.0. The van der Waals surface area contributed by atoms with Crippen LogP contribution in [0, 0.1) is 0 Å². The van der Waals surface area contributed by atoms with E-state index in [2.05, 4.69) is 9.71 Å². The highest BCUT2D eigenvalue weighted by Gasteiger charge is 2.27. The molecule has 2 aromatic rings. The molecule has 25 heavy (non-hydrogen) atoms. The van der Waals surface area contributed by atoms with Crippen LogP contribution in [-0.2, 0) is 16.4 Å². The summed E-state index contributed by atoms with van der Waals surface area (Å²) in [5, 5.41) is 0.822. The lowest BCUT2D eigenvalue weighted by Crippen LogP contribution is -2.29. The van der Waals surface area contributed by atoms with E-state index in [0.717, 1.165) is 22.0 Å². The summed E-state index contributed by atoms with van der Waals surface area (Å²) < 4.78 is 26.2. The minimum Gasteiger partial charge on any atom is -0.308 e. The molecule has 1 N–H and O–H groups in total. The van der Waals surface area contributed by atoms with Gasteiger partial charge in [0.25, 0.3) is 5.91 Å². The molecule has 132 valence electrons. The van der Waals surface area contributed by atoms with Gasteiger partial charge in [-0.1, -0.05) is 6.92 Å². The number of rotatable bonds is 5. The highest BCUT2D eigenvalue weighted by Crippen LogP contribution is 2.31. The lowest BCUT2D eigenvalue weighted by molar-refractivity contribution is 0.0989. The van der Waals surface area contributed by atoms with E-state index in [0.29, 0.717) is 18.5 Å². The van der Waals surface area contributed by atoms with Gasteiger partial charge < -0.3 is 4.90 Å². The van der Waals surface area contributed by atoms with Gasteiger partial charge in [0, 0.05) is 24.0 Å². The van der Waals surface area contributed by atoms with Crippen molar-refractivity contribution in [1.29, 1.82) is 0 Å². The van der Waals surface area contributed by atoms with Gasteiger partial charge in [0.15, 0.2) is 0 Å². The Kier molecular flexibility index (Phi) is 5.12. The minimum atomic E-state index is -3.49. The van der Waals surface area contributed by atoms with Crippen LogP contribution in [0.1, 0.15) is 22.8 Å². The summed E-state index contributed by atoms with van der Waals surface area (Å²) in [7, 11) is -2.10. The zero-order valence-electron chi connectivity index (χ0n) is 14.0. The normalized spacial score (nSPS) is 13.8. The predicted molar refractivity (Wildman–Crippen MR) is 98.7 cm³/mol. The summed E-state index contributed by atoms with van der Waals surface area (Å²) in [6.07, 6.45) is 2.28. The van der Waals surface area contributed by atoms with Crippen LogP contribution in [0.5, 0.6) is 0 Å². The monoisotopic (exact) mass is 377 g/mol. The van der Waals surface area contributed by atoms with Crippen LogP contribution in [0.2, 0.25) is 0 Å². The molecule has 0 radical (unpaired) electrons. The largest absolute Gasteiger partial charge is 0.308 e. The Morgan fingerprint density at radius 2 is 2.12 bits per heavy atom. The van der Waals surface area contributed by atoms with Crippen LogP contribution < -0.4 is 9.62 Å². The van der Waals surface area contributed by atoms with Crippen LogP contribution in [-0.4, -0.2) is 38.7 Å². The number of fused-ring (bicyclic) bond motifs is 1. The molecule has 0 bridgehead atoms.